The van der Waals surface area contributed by atoms with Crippen LogP contribution in [0, 0.1) is 0 Å². The molecule has 0 saturated carbocycles. The van der Waals surface area contributed by atoms with E-state index in [1.165, 1.54) is 0 Å². The fourth-order valence-corrected chi connectivity index (χ4v) is 1.21. The second kappa shape index (κ2) is 2.95. The van der Waals surface area contributed by atoms with E-state index < -0.39 is 5.91 Å². The standard InChI is InChI=1S/C9H7N3O2/c10-9(14)7-8(13)5-3-1-2-4-6(5)11-12-7/h1-4H,(H2,10,14)(H,11,13). The average Bonchev–Trinajstić information content (AvgIpc) is 2.18. The molecule has 2 aromatic rings. The molecule has 0 fully saturated rings. The van der Waals surface area contributed by atoms with Gasteiger partial charge in [-0.25, -0.2) is 0 Å². The predicted molar refractivity (Wildman–Crippen MR) is 49.7 cm³/mol. The number of carbonyl (C=O) groups is 1. The van der Waals surface area contributed by atoms with Crippen LogP contribution in [0.3, 0.4) is 0 Å². The van der Waals surface area contributed by atoms with Crippen LogP contribution in [0.1, 0.15) is 10.5 Å². The molecule has 70 valence electrons. The molecule has 5 heteroatoms. The van der Waals surface area contributed by atoms with Crippen molar-refractivity contribution in [2.75, 3.05) is 0 Å². The van der Waals surface area contributed by atoms with Gasteiger partial charge in [0.25, 0.3) is 5.91 Å². The van der Waals surface area contributed by atoms with E-state index in [2.05, 4.69) is 10.2 Å². The summed E-state index contributed by atoms with van der Waals surface area (Å²) >= 11 is 0. The highest BCUT2D eigenvalue weighted by molar-refractivity contribution is 5.99. The largest absolute Gasteiger partial charge is 0.505 e. The minimum atomic E-state index is -0.791. The number of nitrogens with zero attached hydrogens (tertiary/aromatic N) is 2. The maximum Gasteiger partial charge on any atom is 0.273 e. The Balaban J connectivity index is 2.81. The molecular weight excluding hydrogens is 182 g/mol. The van der Waals surface area contributed by atoms with Crippen LogP contribution in [-0.4, -0.2) is 21.2 Å². The summed E-state index contributed by atoms with van der Waals surface area (Å²) in [6.07, 6.45) is 0. The molecule has 1 amide bonds. The summed E-state index contributed by atoms with van der Waals surface area (Å²) in [4.78, 5) is 10.8. The molecule has 0 radical (unpaired) electrons. The molecule has 0 atom stereocenters. The summed E-state index contributed by atoms with van der Waals surface area (Å²) in [5.74, 6) is -1.01. The minimum absolute atomic E-state index is 0.205. The number of primary amides is 1. The van der Waals surface area contributed by atoms with Gasteiger partial charge in [0.2, 0.25) is 0 Å². The van der Waals surface area contributed by atoms with E-state index in [1.54, 1.807) is 24.3 Å². The monoisotopic (exact) mass is 189 g/mol. The van der Waals surface area contributed by atoms with Crippen LogP contribution in [-0.2, 0) is 0 Å². The highest BCUT2D eigenvalue weighted by Gasteiger charge is 2.13. The summed E-state index contributed by atoms with van der Waals surface area (Å²) in [5.41, 5.74) is 5.32. The first kappa shape index (κ1) is 8.43. The van der Waals surface area contributed by atoms with E-state index in [0.29, 0.717) is 10.9 Å². The van der Waals surface area contributed by atoms with Gasteiger partial charge in [0.15, 0.2) is 11.4 Å². The van der Waals surface area contributed by atoms with Crippen LogP contribution in [0.4, 0.5) is 0 Å². The average molecular weight is 189 g/mol. The number of hydrogen-bond donors (Lipinski definition) is 2. The third kappa shape index (κ3) is 1.15. The van der Waals surface area contributed by atoms with E-state index in [-0.39, 0.29) is 11.4 Å². The fourth-order valence-electron chi connectivity index (χ4n) is 1.21. The van der Waals surface area contributed by atoms with Gasteiger partial charge in [0.05, 0.1) is 5.52 Å². The van der Waals surface area contributed by atoms with Crippen molar-refractivity contribution in [3.05, 3.63) is 30.0 Å². The van der Waals surface area contributed by atoms with E-state index in [4.69, 9.17) is 5.73 Å². The third-order valence-corrected chi connectivity index (χ3v) is 1.87. The van der Waals surface area contributed by atoms with Gasteiger partial charge in [0.1, 0.15) is 0 Å². The molecule has 0 saturated heterocycles. The molecule has 0 bridgehead atoms. The highest BCUT2D eigenvalue weighted by atomic mass is 16.3. The number of benzene rings is 1. The molecule has 0 spiro atoms. The summed E-state index contributed by atoms with van der Waals surface area (Å²) in [6, 6.07) is 6.83. The predicted octanol–water partition coefficient (Wildman–Crippen LogP) is 0.434. The maximum absolute atomic E-state index is 10.8. The summed E-state index contributed by atoms with van der Waals surface area (Å²) < 4.78 is 0. The Labute approximate surface area is 79.2 Å². The number of aromatic nitrogens is 2. The maximum atomic E-state index is 10.8. The first-order valence-corrected chi connectivity index (χ1v) is 3.94. The summed E-state index contributed by atoms with van der Waals surface area (Å²) in [5, 5.41) is 17.4. The lowest BCUT2D eigenvalue weighted by molar-refractivity contribution is 0.0992. The van der Waals surface area contributed by atoms with Gasteiger partial charge >= 0.3 is 0 Å². The number of hydrogen-bond acceptors (Lipinski definition) is 4. The van der Waals surface area contributed by atoms with Gasteiger partial charge in [-0.2, -0.15) is 0 Å². The Bertz CT molecular complexity index is 510. The Kier molecular flexibility index (Phi) is 1.78. The van der Waals surface area contributed by atoms with E-state index in [1.807, 2.05) is 0 Å². The topological polar surface area (TPSA) is 89.1 Å². The smallest absolute Gasteiger partial charge is 0.273 e. The number of nitrogens with two attached hydrogens (primary N) is 1. The van der Waals surface area contributed by atoms with Crippen LogP contribution >= 0.6 is 0 Å². The van der Waals surface area contributed by atoms with Crippen molar-refractivity contribution >= 4 is 16.8 Å². The van der Waals surface area contributed by atoms with Crippen molar-refractivity contribution < 1.29 is 9.90 Å². The second-order valence-corrected chi connectivity index (χ2v) is 2.78. The molecule has 1 aromatic carbocycles. The number of amides is 1. The highest BCUT2D eigenvalue weighted by Crippen LogP contribution is 2.24. The Morgan fingerprint density at radius 2 is 2.00 bits per heavy atom. The van der Waals surface area contributed by atoms with Crippen molar-refractivity contribution in [1.29, 1.82) is 0 Å². The first-order valence-electron chi connectivity index (χ1n) is 3.94. The van der Waals surface area contributed by atoms with Gasteiger partial charge in [-0.3, -0.25) is 4.79 Å². The number of rotatable bonds is 1. The number of carbonyl (C=O) groups excluding carboxylic acids is 1. The minimum Gasteiger partial charge on any atom is -0.505 e. The second-order valence-electron chi connectivity index (χ2n) is 2.78. The van der Waals surface area contributed by atoms with Gasteiger partial charge in [-0.1, -0.05) is 12.1 Å². The lowest BCUT2D eigenvalue weighted by Crippen LogP contribution is -2.14. The normalized spacial score (nSPS) is 10.3. The summed E-state index contributed by atoms with van der Waals surface area (Å²) in [7, 11) is 0. The number of fused-ring (bicyclic) bond motifs is 1. The molecule has 0 aliphatic carbocycles. The van der Waals surface area contributed by atoms with Crippen molar-refractivity contribution in [1.82, 2.24) is 10.2 Å². The Hall–Kier alpha value is -2.17. The SMILES string of the molecule is NC(=O)c1nnc2ccccc2c1O. The Morgan fingerprint density at radius 1 is 1.29 bits per heavy atom. The lowest BCUT2D eigenvalue weighted by atomic mass is 10.2. The van der Waals surface area contributed by atoms with Crippen molar-refractivity contribution in [3.8, 4) is 5.75 Å². The molecule has 1 aromatic heterocycles. The molecule has 0 unspecified atom stereocenters. The molecule has 2 rings (SSSR count). The molecule has 0 aliphatic heterocycles. The zero-order valence-electron chi connectivity index (χ0n) is 7.14. The van der Waals surface area contributed by atoms with Crippen LogP contribution < -0.4 is 5.73 Å². The van der Waals surface area contributed by atoms with Crippen LogP contribution in [0.15, 0.2) is 24.3 Å². The van der Waals surface area contributed by atoms with Crippen LogP contribution in [0.2, 0.25) is 0 Å². The van der Waals surface area contributed by atoms with Gasteiger partial charge < -0.3 is 10.8 Å². The quantitative estimate of drug-likeness (QED) is 0.680. The van der Waals surface area contributed by atoms with E-state index >= 15 is 0 Å². The zero-order valence-corrected chi connectivity index (χ0v) is 7.14. The van der Waals surface area contributed by atoms with Crippen LogP contribution in [0.5, 0.6) is 5.75 Å². The third-order valence-electron chi connectivity index (χ3n) is 1.87. The van der Waals surface area contributed by atoms with Crippen LogP contribution in [0.25, 0.3) is 10.9 Å². The first-order chi connectivity index (χ1) is 6.70. The van der Waals surface area contributed by atoms with Crippen molar-refractivity contribution in [2.24, 2.45) is 5.73 Å². The van der Waals surface area contributed by atoms with E-state index in [0.717, 1.165) is 0 Å². The number of aromatic hydroxyl groups is 1. The summed E-state index contributed by atoms with van der Waals surface area (Å²) in [6.45, 7) is 0. The van der Waals surface area contributed by atoms with E-state index in [9.17, 15) is 9.90 Å². The zero-order chi connectivity index (χ0) is 10.1. The van der Waals surface area contributed by atoms with Gasteiger partial charge in [0, 0.05) is 5.39 Å². The molecule has 0 aliphatic rings. The Morgan fingerprint density at radius 3 is 2.71 bits per heavy atom. The molecule has 14 heavy (non-hydrogen) atoms. The lowest BCUT2D eigenvalue weighted by Gasteiger charge is -2.01. The molecule has 1 heterocycles. The fraction of sp³-hybridized carbons (Fsp3) is 0. The van der Waals surface area contributed by atoms with Crippen molar-refractivity contribution in [3.63, 3.8) is 0 Å². The van der Waals surface area contributed by atoms with Gasteiger partial charge in [-0.05, 0) is 12.1 Å². The van der Waals surface area contributed by atoms with Gasteiger partial charge in [-0.15, -0.1) is 10.2 Å². The molecule has 5 nitrogen and oxygen atoms in total. The molecule has 3 N–H and O–H groups in total. The van der Waals surface area contributed by atoms with Crippen molar-refractivity contribution in [2.45, 2.75) is 0 Å². The molecular formula is C9H7N3O2.